The first-order chi connectivity index (χ1) is 9.58. The second-order valence-corrected chi connectivity index (χ2v) is 7.63. The summed E-state index contributed by atoms with van der Waals surface area (Å²) in [6.07, 6.45) is 11.3. The van der Waals surface area contributed by atoms with Gasteiger partial charge < -0.3 is 5.32 Å². The van der Waals surface area contributed by atoms with Crippen LogP contribution in [0.2, 0.25) is 0 Å². The van der Waals surface area contributed by atoms with E-state index in [1.807, 2.05) is 0 Å². The zero-order valence-corrected chi connectivity index (χ0v) is 13.7. The van der Waals surface area contributed by atoms with Crippen LogP contribution in [-0.4, -0.2) is 11.9 Å². The van der Waals surface area contributed by atoms with Crippen molar-refractivity contribution < 1.29 is 4.79 Å². The van der Waals surface area contributed by atoms with Crippen LogP contribution in [0.3, 0.4) is 0 Å². The molecule has 0 radical (unpaired) electrons. The molecule has 0 aromatic rings. The minimum Gasteiger partial charge on any atom is -0.353 e. The minimum absolute atomic E-state index is 0.266. The molecule has 0 aliphatic heterocycles. The van der Waals surface area contributed by atoms with Crippen molar-refractivity contribution >= 4 is 5.91 Å². The fourth-order valence-corrected chi connectivity index (χ4v) is 4.24. The number of nitrogens with one attached hydrogen (secondary N) is 1. The van der Waals surface area contributed by atoms with E-state index in [0.717, 1.165) is 12.3 Å². The van der Waals surface area contributed by atoms with Gasteiger partial charge in [0.25, 0.3) is 0 Å². The Hall–Kier alpha value is -0.530. The molecule has 0 aromatic carbocycles. The number of rotatable bonds is 3. The van der Waals surface area contributed by atoms with Gasteiger partial charge in [0.15, 0.2) is 0 Å². The Bertz CT molecular complexity index is 305. The standard InChI is InChI=1S/C18H33NO/c1-13(2)16-11-10-14(3)12-17(16)18(20)19-15-8-6-4-5-7-9-15/h13-17H,4-12H2,1-3H3,(H,19,20)/t14-,16+,17?/m1/s1. The number of hydrogen-bond donors (Lipinski definition) is 1. The largest absolute Gasteiger partial charge is 0.353 e. The quantitative estimate of drug-likeness (QED) is 0.755. The number of carbonyl (C=O) groups is 1. The first-order valence-corrected chi connectivity index (χ1v) is 8.88. The van der Waals surface area contributed by atoms with Crippen LogP contribution in [0.25, 0.3) is 0 Å². The highest BCUT2D eigenvalue weighted by atomic mass is 16.2. The Morgan fingerprint density at radius 3 is 2.25 bits per heavy atom. The Balaban J connectivity index is 1.93. The monoisotopic (exact) mass is 279 g/mol. The fraction of sp³-hybridized carbons (Fsp3) is 0.944. The molecule has 2 aliphatic rings. The topological polar surface area (TPSA) is 29.1 Å². The molecule has 2 rings (SSSR count). The van der Waals surface area contributed by atoms with Gasteiger partial charge in [0.05, 0.1) is 0 Å². The average Bonchev–Trinajstić information content (AvgIpc) is 2.66. The van der Waals surface area contributed by atoms with Crippen molar-refractivity contribution in [3.8, 4) is 0 Å². The average molecular weight is 279 g/mol. The first kappa shape index (κ1) is 15.9. The lowest BCUT2D eigenvalue weighted by Gasteiger charge is -2.37. The molecule has 0 saturated heterocycles. The summed E-state index contributed by atoms with van der Waals surface area (Å²) in [5.74, 6) is 2.57. The van der Waals surface area contributed by atoms with Crippen LogP contribution in [-0.2, 0) is 4.79 Å². The van der Waals surface area contributed by atoms with Crippen LogP contribution < -0.4 is 5.32 Å². The molecule has 2 fully saturated rings. The predicted molar refractivity (Wildman–Crippen MR) is 84.5 cm³/mol. The van der Waals surface area contributed by atoms with Crippen molar-refractivity contribution in [1.82, 2.24) is 5.32 Å². The molecule has 2 saturated carbocycles. The molecule has 1 N–H and O–H groups in total. The fourth-order valence-electron chi connectivity index (χ4n) is 4.24. The van der Waals surface area contributed by atoms with E-state index in [4.69, 9.17) is 0 Å². The van der Waals surface area contributed by atoms with E-state index in [9.17, 15) is 4.79 Å². The van der Waals surface area contributed by atoms with E-state index in [1.54, 1.807) is 0 Å². The molecule has 1 unspecified atom stereocenters. The van der Waals surface area contributed by atoms with Crippen LogP contribution in [0.4, 0.5) is 0 Å². The molecule has 20 heavy (non-hydrogen) atoms. The Morgan fingerprint density at radius 1 is 1.00 bits per heavy atom. The van der Waals surface area contributed by atoms with Crippen molar-refractivity contribution in [2.45, 2.75) is 84.6 Å². The second-order valence-electron chi connectivity index (χ2n) is 7.63. The molecule has 3 atom stereocenters. The molecule has 0 bridgehead atoms. The van der Waals surface area contributed by atoms with Gasteiger partial charge in [-0.15, -0.1) is 0 Å². The maximum atomic E-state index is 12.7. The number of carbonyl (C=O) groups excluding carboxylic acids is 1. The number of hydrogen-bond acceptors (Lipinski definition) is 1. The maximum absolute atomic E-state index is 12.7. The molecule has 0 aromatic heterocycles. The molecule has 2 heteroatoms. The van der Waals surface area contributed by atoms with Crippen LogP contribution >= 0.6 is 0 Å². The Morgan fingerprint density at radius 2 is 1.65 bits per heavy atom. The van der Waals surface area contributed by atoms with Crippen molar-refractivity contribution in [1.29, 1.82) is 0 Å². The van der Waals surface area contributed by atoms with E-state index in [1.165, 1.54) is 51.4 Å². The summed E-state index contributed by atoms with van der Waals surface area (Å²) in [6, 6.07) is 0.454. The molecule has 2 aliphatic carbocycles. The van der Waals surface area contributed by atoms with Gasteiger partial charge in [-0.05, 0) is 43.4 Å². The Kier molecular flexibility index (Phi) is 5.92. The van der Waals surface area contributed by atoms with Gasteiger partial charge in [-0.2, -0.15) is 0 Å². The van der Waals surface area contributed by atoms with Crippen LogP contribution in [0.15, 0.2) is 0 Å². The molecule has 0 heterocycles. The summed E-state index contributed by atoms with van der Waals surface area (Å²) in [5.41, 5.74) is 0. The van der Waals surface area contributed by atoms with Crippen LogP contribution in [0, 0.1) is 23.7 Å². The van der Waals surface area contributed by atoms with Gasteiger partial charge in [0.2, 0.25) is 5.91 Å². The summed E-state index contributed by atoms with van der Waals surface area (Å²) in [7, 11) is 0. The minimum atomic E-state index is 0.266. The lowest BCUT2D eigenvalue weighted by Crippen LogP contribution is -2.44. The first-order valence-electron chi connectivity index (χ1n) is 8.88. The number of amides is 1. The predicted octanol–water partition coefficient (Wildman–Crippen LogP) is 4.53. The van der Waals surface area contributed by atoms with E-state index in [-0.39, 0.29) is 5.92 Å². The maximum Gasteiger partial charge on any atom is 0.223 e. The summed E-state index contributed by atoms with van der Waals surface area (Å²) in [6.45, 7) is 6.88. The highest BCUT2D eigenvalue weighted by Gasteiger charge is 2.35. The third kappa shape index (κ3) is 4.23. The van der Waals surface area contributed by atoms with Crippen LogP contribution in [0.5, 0.6) is 0 Å². The molecular weight excluding hydrogens is 246 g/mol. The lowest BCUT2D eigenvalue weighted by molar-refractivity contribution is -0.130. The lowest BCUT2D eigenvalue weighted by atomic mass is 9.69. The van der Waals surface area contributed by atoms with E-state index in [0.29, 0.717) is 23.8 Å². The summed E-state index contributed by atoms with van der Waals surface area (Å²) >= 11 is 0. The molecular formula is C18H33NO. The smallest absolute Gasteiger partial charge is 0.223 e. The van der Waals surface area contributed by atoms with Gasteiger partial charge in [0.1, 0.15) is 0 Å². The zero-order chi connectivity index (χ0) is 14.5. The highest BCUT2D eigenvalue weighted by molar-refractivity contribution is 5.79. The third-order valence-electron chi connectivity index (χ3n) is 5.56. The zero-order valence-electron chi connectivity index (χ0n) is 13.7. The highest BCUT2D eigenvalue weighted by Crippen LogP contribution is 2.38. The SMILES string of the molecule is CC(C)[C@@H]1CC[C@@H](C)CC1C(=O)NC1CCCCCC1. The van der Waals surface area contributed by atoms with Crippen molar-refractivity contribution in [2.75, 3.05) is 0 Å². The third-order valence-corrected chi connectivity index (χ3v) is 5.56. The molecule has 0 spiro atoms. The van der Waals surface area contributed by atoms with Gasteiger partial charge in [0, 0.05) is 12.0 Å². The van der Waals surface area contributed by atoms with E-state index >= 15 is 0 Å². The van der Waals surface area contributed by atoms with Crippen molar-refractivity contribution in [3.05, 3.63) is 0 Å². The Labute approximate surface area is 125 Å². The van der Waals surface area contributed by atoms with Crippen molar-refractivity contribution in [2.24, 2.45) is 23.7 Å². The van der Waals surface area contributed by atoms with Gasteiger partial charge in [-0.25, -0.2) is 0 Å². The van der Waals surface area contributed by atoms with E-state index in [2.05, 4.69) is 26.1 Å². The molecule has 2 nitrogen and oxygen atoms in total. The molecule has 116 valence electrons. The van der Waals surface area contributed by atoms with Crippen molar-refractivity contribution in [3.63, 3.8) is 0 Å². The van der Waals surface area contributed by atoms with Gasteiger partial charge in [-0.1, -0.05) is 52.9 Å². The van der Waals surface area contributed by atoms with E-state index < -0.39 is 0 Å². The summed E-state index contributed by atoms with van der Waals surface area (Å²) < 4.78 is 0. The van der Waals surface area contributed by atoms with Gasteiger partial charge in [-0.3, -0.25) is 4.79 Å². The summed E-state index contributed by atoms with van der Waals surface area (Å²) in [4.78, 5) is 12.7. The van der Waals surface area contributed by atoms with Gasteiger partial charge >= 0.3 is 0 Å². The normalized spacial score (nSPS) is 32.9. The second kappa shape index (κ2) is 7.47. The summed E-state index contributed by atoms with van der Waals surface area (Å²) in [5, 5.41) is 3.40. The van der Waals surface area contributed by atoms with Crippen LogP contribution in [0.1, 0.15) is 78.6 Å². The molecule has 1 amide bonds.